The minimum absolute atomic E-state index is 0.0516. The van der Waals surface area contributed by atoms with Crippen LogP contribution in [0.4, 0.5) is 5.69 Å². The molecule has 7 rings (SSSR count). The molecule has 10 heteroatoms. The van der Waals surface area contributed by atoms with Crippen LogP contribution < -0.4 is 5.32 Å². The van der Waals surface area contributed by atoms with Gasteiger partial charge in [-0.2, -0.15) is 5.10 Å². The van der Waals surface area contributed by atoms with Crippen LogP contribution in [-0.2, 0) is 4.79 Å². The van der Waals surface area contributed by atoms with E-state index in [4.69, 9.17) is 4.98 Å². The molecule has 1 fully saturated rings. The number of carbonyl (C=O) groups is 1. The van der Waals surface area contributed by atoms with Gasteiger partial charge in [-0.05, 0) is 31.0 Å². The van der Waals surface area contributed by atoms with E-state index in [1.807, 2.05) is 24.3 Å². The maximum absolute atomic E-state index is 12.4. The first-order valence-corrected chi connectivity index (χ1v) is 12.1. The van der Waals surface area contributed by atoms with Crippen LogP contribution in [0.2, 0.25) is 0 Å². The van der Waals surface area contributed by atoms with Gasteiger partial charge in [-0.15, -0.1) is 0 Å². The van der Waals surface area contributed by atoms with Crippen LogP contribution in [0.5, 0.6) is 0 Å². The summed E-state index contributed by atoms with van der Waals surface area (Å²) in [5, 5.41) is 11.4. The van der Waals surface area contributed by atoms with Crippen molar-refractivity contribution in [3.8, 4) is 33.9 Å². The zero-order chi connectivity index (χ0) is 24.8. The van der Waals surface area contributed by atoms with E-state index in [0.29, 0.717) is 17.2 Å². The lowest BCUT2D eigenvalue weighted by molar-refractivity contribution is -0.122. The van der Waals surface area contributed by atoms with E-state index in [9.17, 15) is 4.79 Å². The summed E-state index contributed by atoms with van der Waals surface area (Å²) in [6.45, 7) is 0. The molecule has 0 bridgehead atoms. The molecule has 6 aromatic heterocycles. The fourth-order valence-corrected chi connectivity index (χ4v) is 4.60. The number of nitrogens with one attached hydrogen (secondary N) is 3. The second-order valence-corrected chi connectivity index (χ2v) is 9.18. The lowest BCUT2D eigenvalue weighted by Gasteiger charge is -2.24. The fraction of sp³-hybridized carbons (Fsp3) is 0.148. The minimum atomic E-state index is 0.0516. The van der Waals surface area contributed by atoms with Gasteiger partial charge in [0.15, 0.2) is 5.82 Å². The second kappa shape index (κ2) is 8.59. The predicted molar refractivity (Wildman–Crippen MR) is 139 cm³/mol. The molecule has 0 unspecified atom stereocenters. The maximum atomic E-state index is 12.4. The van der Waals surface area contributed by atoms with E-state index in [1.54, 1.807) is 43.4 Å². The number of aromatic nitrogens is 8. The van der Waals surface area contributed by atoms with Gasteiger partial charge in [0.05, 0.1) is 41.0 Å². The third-order valence-corrected chi connectivity index (χ3v) is 6.82. The Bertz CT molecular complexity index is 1770. The van der Waals surface area contributed by atoms with Crippen molar-refractivity contribution in [1.29, 1.82) is 0 Å². The van der Waals surface area contributed by atoms with Crippen LogP contribution in [0.3, 0.4) is 0 Å². The second-order valence-electron chi connectivity index (χ2n) is 9.18. The first kappa shape index (κ1) is 21.3. The van der Waals surface area contributed by atoms with Crippen molar-refractivity contribution in [2.24, 2.45) is 5.92 Å². The Balaban J connectivity index is 1.26. The highest BCUT2D eigenvalue weighted by Crippen LogP contribution is 2.32. The SMILES string of the molecule is O=C(Nc1cncc(-c2cc3c(-c4nc5c(-c6cccnc6)cncc5[nH]4)n[nH]c3cn2)c1)C1CCC1. The molecule has 0 aromatic carbocycles. The molecular weight excluding hydrogens is 466 g/mol. The molecule has 0 atom stereocenters. The molecule has 1 amide bonds. The van der Waals surface area contributed by atoms with Crippen LogP contribution in [0.25, 0.3) is 55.8 Å². The van der Waals surface area contributed by atoms with E-state index in [2.05, 4.69) is 40.4 Å². The molecule has 0 radical (unpaired) electrons. The Morgan fingerprint density at radius 2 is 1.84 bits per heavy atom. The highest BCUT2D eigenvalue weighted by atomic mass is 16.1. The van der Waals surface area contributed by atoms with Crippen molar-refractivity contribution >= 4 is 33.5 Å². The number of rotatable bonds is 5. The van der Waals surface area contributed by atoms with Gasteiger partial charge < -0.3 is 10.3 Å². The summed E-state index contributed by atoms with van der Waals surface area (Å²) in [5.74, 6) is 0.774. The predicted octanol–water partition coefficient (Wildman–Crippen LogP) is 4.76. The molecule has 1 saturated carbocycles. The van der Waals surface area contributed by atoms with E-state index in [-0.39, 0.29) is 11.8 Å². The summed E-state index contributed by atoms with van der Waals surface area (Å²) in [6, 6.07) is 7.72. The summed E-state index contributed by atoms with van der Waals surface area (Å²) in [6.07, 6.45) is 15.2. The van der Waals surface area contributed by atoms with E-state index >= 15 is 0 Å². The number of pyridine rings is 4. The molecule has 1 aliphatic rings. The molecule has 10 nitrogen and oxygen atoms in total. The van der Waals surface area contributed by atoms with Crippen LogP contribution in [-0.4, -0.2) is 46.0 Å². The summed E-state index contributed by atoms with van der Waals surface area (Å²) in [4.78, 5) is 38.1. The van der Waals surface area contributed by atoms with Crippen LogP contribution in [0, 0.1) is 5.92 Å². The summed E-state index contributed by atoms with van der Waals surface area (Å²) >= 11 is 0. The zero-order valence-electron chi connectivity index (χ0n) is 19.6. The lowest BCUT2D eigenvalue weighted by Crippen LogP contribution is -2.28. The summed E-state index contributed by atoms with van der Waals surface area (Å²) < 4.78 is 0. The lowest BCUT2D eigenvalue weighted by atomic mass is 9.85. The van der Waals surface area contributed by atoms with Gasteiger partial charge >= 0.3 is 0 Å². The molecule has 0 aliphatic heterocycles. The number of hydrogen-bond acceptors (Lipinski definition) is 7. The van der Waals surface area contributed by atoms with Crippen LogP contribution >= 0.6 is 0 Å². The first-order chi connectivity index (χ1) is 18.2. The van der Waals surface area contributed by atoms with Gasteiger partial charge in [0.1, 0.15) is 11.2 Å². The molecule has 0 saturated heterocycles. The highest BCUT2D eigenvalue weighted by Gasteiger charge is 2.25. The summed E-state index contributed by atoms with van der Waals surface area (Å²) in [7, 11) is 0. The van der Waals surface area contributed by atoms with Gasteiger partial charge in [0.2, 0.25) is 5.91 Å². The topological polar surface area (TPSA) is 138 Å². The molecule has 37 heavy (non-hydrogen) atoms. The van der Waals surface area contributed by atoms with Crippen molar-refractivity contribution in [1.82, 2.24) is 40.1 Å². The number of amides is 1. The van der Waals surface area contributed by atoms with E-state index in [1.165, 1.54) is 0 Å². The van der Waals surface area contributed by atoms with Crippen molar-refractivity contribution in [3.05, 3.63) is 67.6 Å². The van der Waals surface area contributed by atoms with Crippen molar-refractivity contribution in [2.75, 3.05) is 5.32 Å². The van der Waals surface area contributed by atoms with Crippen molar-refractivity contribution in [3.63, 3.8) is 0 Å². The number of nitrogens with zero attached hydrogens (tertiary/aromatic N) is 6. The summed E-state index contributed by atoms with van der Waals surface area (Å²) in [5.41, 5.74) is 7.07. The van der Waals surface area contributed by atoms with Crippen molar-refractivity contribution < 1.29 is 4.79 Å². The van der Waals surface area contributed by atoms with Gasteiger partial charge in [-0.25, -0.2) is 4.98 Å². The number of aromatic amines is 2. The number of fused-ring (bicyclic) bond motifs is 2. The Labute approximate surface area is 210 Å². The van der Waals surface area contributed by atoms with Crippen LogP contribution in [0.1, 0.15) is 19.3 Å². The normalized spacial score (nSPS) is 13.6. The minimum Gasteiger partial charge on any atom is -0.335 e. The number of imidazole rings is 1. The Morgan fingerprint density at radius 1 is 0.946 bits per heavy atom. The van der Waals surface area contributed by atoms with Gasteiger partial charge in [-0.1, -0.05) is 12.5 Å². The molecular formula is C27H21N9O. The van der Waals surface area contributed by atoms with E-state index < -0.39 is 0 Å². The largest absolute Gasteiger partial charge is 0.335 e. The fourth-order valence-electron chi connectivity index (χ4n) is 4.60. The average Bonchev–Trinajstić information content (AvgIpc) is 3.52. The van der Waals surface area contributed by atoms with E-state index in [0.717, 1.165) is 63.6 Å². The monoisotopic (exact) mass is 487 g/mol. The standard InChI is InChI=1S/C27H21N9O/c37-27(15-3-1-4-15)32-18-7-17(10-29-11-18)21-8-19-22(14-31-21)35-36-25(19)26-33-23-13-30-12-20(24(23)34-26)16-5-2-6-28-9-16/h2,5-15H,1,3-4H2,(H,32,37)(H,33,34)(H,35,36). The number of H-pyrrole nitrogens is 2. The third-order valence-electron chi connectivity index (χ3n) is 6.82. The quantitative estimate of drug-likeness (QED) is 0.319. The maximum Gasteiger partial charge on any atom is 0.227 e. The van der Waals surface area contributed by atoms with Gasteiger partial charge in [-0.3, -0.25) is 29.8 Å². The Kier molecular flexibility index (Phi) is 4.95. The Hall–Kier alpha value is -4.99. The van der Waals surface area contributed by atoms with Crippen molar-refractivity contribution in [2.45, 2.75) is 19.3 Å². The molecule has 0 spiro atoms. The van der Waals surface area contributed by atoms with Gasteiger partial charge in [0, 0.05) is 52.8 Å². The first-order valence-electron chi connectivity index (χ1n) is 12.1. The smallest absolute Gasteiger partial charge is 0.227 e. The molecule has 3 N–H and O–H groups in total. The number of anilines is 1. The highest BCUT2D eigenvalue weighted by molar-refractivity contribution is 5.97. The number of hydrogen-bond donors (Lipinski definition) is 3. The zero-order valence-corrected chi connectivity index (χ0v) is 19.6. The number of carbonyl (C=O) groups excluding carboxylic acids is 1. The molecule has 6 aromatic rings. The molecule has 6 heterocycles. The molecule has 180 valence electrons. The van der Waals surface area contributed by atoms with Gasteiger partial charge in [0.25, 0.3) is 0 Å². The average molecular weight is 488 g/mol. The van der Waals surface area contributed by atoms with Crippen LogP contribution in [0.15, 0.2) is 67.6 Å². The molecule has 1 aliphatic carbocycles. The Morgan fingerprint density at radius 3 is 2.68 bits per heavy atom. The third kappa shape index (κ3) is 3.79.